The summed E-state index contributed by atoms with van der Waals surface area (Å²) < 4.78 is 23.4. The smallest absolute Gasteiger partial charge is 0.123 e. The first-order valence-electron chi connectivity index (χ1n) is 5.30. The van der Waals surface area contributed by atoms with Gasteiger partial charge in [-0.15, -0.1) is 0 Å². The quantitative estimate of drug-likeness (QED) is 0.599. The molecule has 0 spiro atoms. The van der Waals surface area contributed by atoms with Gasteiger partial charge in [0.2, 0.25) is 0 Å². The zero-order valence-electron chi connectivity index (χ0n) is 9.74. The molecule has 0 aliphatic carbocycles. The van der Waals surface area contributed by atoms with Crippen LogP contribution in [0.3, 0.4) is 0 Å². The zero-order valence-corrected chi connectivity index (χ0v) is 10.6. The van der Waals surface area contributed by atoms with Crippen LogP contribution < -0.4 is 5.73 Å². The third-order valence-electron chi connectivity index (χ3n) is 2.23. The normalized spacial score (nSPS) is 10.5. The van der Waals surface area contributed by atoms with Crippen LogP contribution in [-0.2, 0) is 16.1 Å². The Morgan fingerprint density at radius 1 is 1.41 bits per heavy atom. The summed E-state index contributed by atoms with van der Waals surface area (Å²) in [4.78, 5) is 0.250. The number of nitrogens with two attached hydrogens (primary N) is 1. The Kier molecular flexibility index (Phi) is 6.04. The summed E-state index contributed by atoms with van der Waals surface area (Å²) >= 11 is 4.89. The summed E-state index contributed by atoms with van der Waals surface area (Å²) in [6.45, 7) is 1.50. The van der Waals surface area contributed by atoms with Crippen molar-refractivity contribution in [2.24, 2.45) is 5.73 Å². The lowest BCUT2D eigenvalue weighted by atomic mass is 10.1. The number of halogens is 1. The van der Waals surface area contributed by atoms with E-state index in [1.165, 1.54) is 12.1 Å². The largest absolute Gasteiger partial charge is 0.389 e. The molecule has 1 rings (SSSR count). The highest BCUT2D eigenvalue weighted by atomic mass is 32.1. The van der Waals surface area contributed by atoms with E-state index in [0.717, 1.165) is 6.42 Å². The van der Waals surface area contributed by atoms with Gasteiger partial charge >= 0.3 is 0 Å². The van der Waals surface area contributed by atoms with E-state index in [4.69, 9.17) is 27.4 Å². The minimum atomic E-state index is -0.319. The maximum atomic E-state index is 13.1. The molecule has 0 amide bonds. The van der Waals surface area contributed by atoms with Crippen molar-refractivity contribution in [1.29, 1.82) is 0 Å². The highest BCUT2D eigenvalue weighted by molar-refractivity contribution is 7.80. The van der Waals surface area contributed by atoms with Gasteiger partial charge in [0.15, 0.2) is 0 Å². The van der Waals surface area contributed by atoms with Crippen LogP contribution >= 0.6 is 12.2 Å². The summed E-state index contributed by atoms with van der Waals surface area (Å²) in [5.41, 5.74) is 6.89. The molecule has 1 aromatic rings. The molecule has 0 saturated carbocycles. The maximum absolute atomic E-state index is 13.1. The van der Waals surface area contributed by atoms with Crippen molar-refractivity contribution in [3.05, 3.63) is 35.1 Å². The lowest BCUT2D eigenvalue weighted by Crippen LogP contribution is -2.13. The van der Waals surface area contributed by atoms with Gasteiger partial charge in [-0.05, 0) is 30.2 Å². The molecule has 0 aromatic heterocycles. The van der Waals surface area contributed by atoms with E-state index in [2.05, 4.69) is 0 Å². The van der Waals surface area contributed by atoms with Gasteiger partial charge in [-0.2, -0.15) is 0 Å². The number of thiocarbonyl (C=S) groups is 1. The van der Waals surface area contributed by atoms with E-state index in [1.54, 1.807) is 13.2 Å². The van der Waals surface area contributed by atoms with Crippen molar-refractivity contribution >= 4 is 17.2 Å². The summed E-state index contributed by atoms with van der Waals surface area (Å²) in [6.07, 6.45) is 0.800. The van der Waals surface area contributed by atoms with Gasteiger partial charge in [-0.25, -0.2) is 4.39 Å². The van der Waals surface area contributed by atoms with E-state index in [1.807, 2.05) is 0 Å². The molecule has 3 nitrogen and oxygen atoms in total. The molecule has 0 saturated heterocycles. The molecule has 0 aliphatic heterocycles. The van der Waals surface area contributed by atoms with Crippen LogP contribution in [0.25, 0.3) is 0 Å². The molecule has 17 heavy (non-hydrogen) atoms. The minimum Gasteiger partial charge on any atom is -0.389 e. The molecule has 0 unspecified atom stereocenters. The van der Waals surface area contributed by atoms with E-state index in [9.17, 15) is 4.39 Å². The maximum Gasteiger partial charge on any atom is 0.123 e. The van der Waals surface area contributed by atoms with Gasteiger partial charge in [-0.1, -0.05) is 12.2 Å². The van der Waals surface area contributed by atoms with Gasteiger partial charge in [0, 0.05) is 25.9 Å². The number of hydrogen-bond donors (Lipinski definition) is 1. The summed E-state index contributed by atoms with van der Waals surface area (Å²) in [7, 11) is 1.64. The third-order valence-corrected chi connectivity index (χ3v) is 2.45. The van der Waals surface area contributed by atoms with Crippen molar-refractivity contribution < 1.29 is 13.9 Å². The highest BCUT2D eigenvalue weighted by Gasteiger charge is 2.06. The third kappa shape index (κ3) is 4.77. The second-order valence-electron chi connectivity index (χ2n) is 3.56. The fraction of sp³-hybridized carbons (Fsp3) is 0.417. The standard InChI is InChI=1S/C12H16FNO2S/c1-15-5-2-6-16-8-9-7-10(13)3-4-11(9)12(14)17/h3-4,7H,2,5-6,8H2,1H3,(H2,14,17). The van der Waals surface area contributed by atoms with Gasteiger partial charge < -0.3 is 15.2 Å². The fourth-order valence-corrected chi connectivity index (χ4v) is 1.61. The Bertz CT molecular complexity index is 385. The molecule has 0 aliphatic rings. The van der Waals surface area contributed by atoms with Gasteiger partial charge in [-0.3, -0.25) is 0 Å². The Morgan fingerprint density at radius 3 is 2.82 bits per heavy atom. The SMILES string of the molecule is COCCCOCc1cc(F)ccc1C(N)=S. The first kappa shape index (κ1) is 14.0. The highest BCUT2D eigenvalue weighted by Crippen LogP contribution is 2.12. The first-order valence-corrected chi connectivity index (χ1v) is 5.71. The van der Waals surface area contributed by atoms with Crippen LogP contribution in [0, 0.1) is 5.82 Å². The topological polar surface area (TPSA) is 44.5 Å². The number of hydrogen-bond acceptors (Lipinski definition) is 3. The van der Waals surface area contributed by atoms with Crippen LogP contribution in [0.2, 0.25) is 0 Å². The van der Waals surface area contributed by atoms with Crippen molar-refractivity contribution in [2.75, 3.05) is 20.3 Å². The number of benzene rings is 1. The van der Waals surface area contributed by atoms with Gasteiger partial charge in [0.1, 0.15) is 10.8 Å². The van der Waals surface area contributed by atoms with Crippen LogP contribution in [-0.4, -0.2) is 25.3 Å². The molecule has 2 N–H and O–H groups in total. The van der Waals surface area contributed by atoms with E-state index >= 15 is 0 Å². The molecule has 0 atom stereocenters. The summed E-state index contributed by atoms with van der Waals surface area (Å²) in [6, 6.07) is 4.30. The lowest BCUT2D eigenvalue weighted by Gasteiger charge is -2.09. The molecular formula is C12H16FNO2S. The predicted molar refractivity (Wildman–Crippen MR) is 68.4 cm³/mol. The average molecular weight is 257 g/mol. The Morgan fingerprint density at radius 2 is 2.18 bits per heavy atom. The number of rotatable bonds is 7. The Labute approximate surface area is 106 Å². The van der Waals surface area contributed by atoms with Crippen LogP contribution in [0.1, 0.15) is 17.5 Å². The molecule has 0 radical (unpaired) electrons. The van der Waals surface area contributed by atoms with E-state index in [0.29, 0.717) is 30.9 Å². The fourth-order valence-electron chi connectivity index (χ4n) is 1.41. The van der Waals surface area contributed by atoms with E-state index in [-0.39, 0.29) is 10.8 Å². The van der Waals surface area contributed by atoms with Crippen LogP contribution in [0.5, 0.6) is 0 Å². The monoisotopic (exact) mass is 257 g/mol. The van der Waals surface area contributed by atoms with Crippen LogP contribution in [0.15, 0.2) is 18.2 Å². The molecule has 1 aromatic carbocycles. The van der Waals surface area contributed by atoms with E-state index < -0.39 is 0 Å². The molecule has 94 valence electrons. The molecular weight excluding hydrogens is 241 g/mol. The number of ether oxygens (including phenoxy) is 2. The Hall–Kier alpha value is -1.04. The molecule has 0 bridgehead atoms. The second kappa shape index (κ2) is 7.32. The summed E-state index contributed by atoms with van der Waals surface area (Å²) in [5, 5.41) is 0. The summed E-state index contributed by atoms with van der Waals surface area (Å²) in [5.74, 6) is -0.319. The van der Waals surface area contributed by atoms with Gasteiger partial charge in [0.05, 0.1) is 6.61 Å². The molecule has 0 heterocycles. The first-order chi connectivity index (χ1) is 8.15. The van der Waals surface area contributed by atoms with Crippen molar-refractivity contribution in [1.82, 2.24) is 0 Å². The average Bonchev–Trinajstić information content (AvgIpc) is 2.28. The lowest BCUT2D eigenvalue weighted by molar-refractivity contribution is 0.0926. The van der Waals surface area contributed by atoms with Gasteiger partial charge in [0.25, 0.3) is 0 Å². The molecule has 5 heteroatoms. The van der Waals surface area contributed by atoms with Crippen molar-refractivity contribution in [3.8, 4) is 0 Å². The van der Waals surface area contributed by atoms with Crippen molar-refractivity contribution in [3.63, 3.8) is 0 Å². The number of methoxy groups -OCH3 is 1. The van der Waals surface area contributed by atoms with Crippen molar-refractivity contribution in [2.45, 2.75) is 13.0 Å². The van der Waals surface area contributed by atoms with Crippen LogP contribution in [0.4, 0.5) is 4.39 Å². The predicted octanol–water partition coefficient (Wildman–Crippen LogP) is 2.01. The molecule has 0 fully saturated rings. The minimum absolute atomic E-state index is 0.250. The second-order valence-corrected chi connectivity index (χ2v) is 4.00. The Balaban J connectivity index is 2.56. The zero-order chi connectivity index (χ0) is 12.7.